The van der Waals surface area contributed by atoms with Crippen molar-refractivity contribution in [3.63, 3.8) is 0 Å². The van der Waals surface area contributed by atoms with Gasteiger partial charge in [0, 0.05) is 31.1 Å². The molecule has 2 rings (SSSR count). The van der Waals surface area contributed by atoms with E-state index in [1.54, 1.807) is 0 Å². The van der Waals surface area contributed by atoms with Crippen LogP contribution in [0.1, 0.15) is 29.6 Å². The zero-order valence-corrected chi connectivity index (χ0v) is 10.0. The fraction of sp³-hybridized carbons (Fsp3) is 0.500. The van der Waals surface area contributed by atoms with E-state index in [1.165, 1.54) is 12.8 Å². The number of carbonyl (C=O) groups is 1. The second-order valence-corrected chi connectivity index (χ2v) is 4.53. The third kappa shape index (κ3) is 3.65. The molecule has 1 fully saturated rings. The standard InChI is InChI=1S/C14H19NO2/c16-11-10-15(13-6-7-13)9-8-14(17)12-4-2-1-3-5-12/h1-5,13,16H,6-11H2. The average molecular weight is 233 g/mol. The summed E-state index contributed by atoms with van der Waals surface area (Å²) >= 11 is 0. The van der Waals surface area contributed by atoms with Gasteiger partial charge in [0.2, 0.25) is 0 Å². The summed E-state index contributed by atoms with van der Waals surface area (Å²) < 4.78 is 0. The van der Waals surface area contributed by atoms with Crippen molar-refractivity contribution in [2.24, 2.45) is 0 Å². The highest BCUT2D eigenvalue weighted by atomic mass is 16.3. The molecule has 1 aromatic rings. The Hall–Kier alpha value is -1.19. The molecule has 3 nitrogen and oxygen atoms in total. The van der Waals surface area contributed by atoms with Crippen LogP contribution in [0.25, 0.3) is 0 Å². The van der Waals surface area contributed by atoms with E-state index in [0.717, 1.165) is 12.1 Å². The monoisotopic (exact) mass is 233 g/mol. The smallest absolute Gasteiger partial charge is 0.164 e. The molecule has 0 amide bonds. The molecule has 0 spiro atoms. The molecule has 92 valence electrons. The van der Waals surface area contributed by atoms with Gasteiger partial charge >= 0.3 is 0 Å². The van der Waals surface area contributed by atoms with Crippen LogP contribution in [-0.4, -0.2) is 41.5 Å². The Morgan fingerprint density at radius 1 is 1.24 bits per heavy atom. The van der Waals surface area contributed by atoms with Crippen molar-refractivity contribution < 1.29 is 9.90 Å². The Labute approximate surface area is 102 Å². The van der Waals surface area contributed by atoms with Gasteiger partial charge in [-0.25, -0.2) is 0 Å². The Kier molecular flexibility index (Phi) is 4.29. The number of Topliss-reactive ketones (excluding diaryl/α,β-unsaturated/α-hetero) is 1. The maximum Gasteiger partial charge on any atom is 0.164 e. The highest BCUT2D eigenvalue weighted by molar-refractivity contribution is 5.96. The van der Waals surface area contributed by atoms with E-state index in [4.69, 9.17) is 5.11 Å². The molecule has 1 aliphatic rings. The SMILES string of the molecule is O=C(CCN(CCO)C1CC1)c1ccccc1. The first-order valence-electron chi connectivity index (χ1n) is 6.24. The van der Waals surface area contributed by atoms with E-state index in [9.17, 15) is 4.79 Å². The van der Waals surface area contributed by atoms with E-state index in [0.29, 0.717) is 19.0 Å². The molecule has 0 saturated heterocycles. The van der Waals surface area contributed by atoms with Crippen LogP contribution < -0.4 is 0 Å². The quantitative estimate of drug-likeness (QED) is 0.729. The Bertz CT molecular complexity index is 360. The first-order valence-corrected chi connectivity index (χ1v) is 6.24. The molecule has 0 radical (unpaired) electrons. The Morgan fingerprint density at radius 2 is 1.94 bits per heavy atom. The maximum absolute atomic E-state index is 11.9. The van der Waals surface area contributed by atoms with E-state index < -0.39 is 0 Å². The normalized spacial score (nSPS) is 15.2. The number of hydrogen-bond acceptors (Lipinski definition) is 3. The summed E-state index contributed by atoms with van der Waals surface area (Å²) in [5.74, 6) is 0.189. The van der Waals surface area contributed by atoms with Crippen LogP contribution in [0.5, 0.6) is 0 Å². The van der Waals surface area contributed by atoms with Gasteiger partial charge < -0.3 is 5.11 Å². The molecule has 1 N–H and O–H groups in total. The number of hydrogen-bond donors (Lipinski definition) is 1. The molecule has 17 heavy (non-hydrogen) atoms. The van der Waals surface area contributed by atoms with Gasteiger partial charge in [-0.1, -0.05) is 30.3 Å². The van der Waals surface area contributed by atoms with E-state index in [1.807, 2.05) is 30.3 Å². The summed E-state index contributed by atoms with van der Waals surface area (Å²) in [6.45, 7) is 1.63. The highest BCUT2D eigenvalue weighted by Gasteiger charge is 2.28. The van der Waals surface area contributed by atoms with Crippen molar-refractivity contribution in [1.29, 1.82) is 0 Å². The maximum atomic E-state index is 11.9. The molecular formula is C14H19NO2. The van der Waals surface area contributed by atoms with Crippen molar-refractivity contribution in [3.05, 3.63) is 35.9 Å². The van der Waals surface area contributed by atoms with Gasteiger partial charge in [-0.3, -0.25) is 9.69 Å². The molecule has 0 bridgehead atoms. The van der Waals surface area contributed by atoms with Gasteiger partial charge in [0.15, 0.2) is 5.78 Å². The van der Waals surface area contributed by atoms with Crippen LogP contribution in [0.4, 0.5) is 0 Å². The summed E-state index contributed by atoms with van der Waals surface area (Å²) in [6.07, 6.45) is 2.96. The second kappa shape index (κ2) is 5.94. The molecule has 0 aliphatic heterocycles. The van der Waals surface area contributed by atoms with Gasteiger partial charge in [-0.2, -0.15) is 0 Å². The molecule has 0 aromatic heterocycles. The molecular weight excluding hydrogens is 214 g/mol. The first-order chi connectivity index (χ1) is 8.31. The van der Waals surface area contributed by atoms with Crippen molar-refractivity contribution >= 4 is 5.78 Å². The molecule has 3 heteroatoms. The van der Waals surface area contributed by atoms with Crippen molar-refractivity contribution in [2.45, 2.75) is 25.3 Å². The van der Waals surface area contributed by atoms with Crippen molar-refractivity contribution in [3.8, 4) is 0 Å². The third-order valence-electron chi connectivity index (χ3n) is 3.17. The van der Waals surface area contributed by atoms with Gasteiger partial charge in [-0.05, 0) is 12.8 Å². The Morgan fingerprint density at radius 3 is 2.53 bits per heavy atom. The second-order valence-electron chi connectivity index (χ2n) is 4.53. The van der Waals surface area contributed by atoms with Gasteiger partial charge in [0.05, 0.1) is 6.61 Å². The van der Waals surface area contributed by atoms with Crippen molar-refractivity contribution in [2.75, 3.05) is 19.7 Å². The number of nitrogens with zero attached hydrogens (tertiary/aromatic N) is 1. The largest absolute Gasteiger partial charge is 0.395 e. The summed E-state index contributed by atoms with van der Waals surface area (Å²) in [5, 5.41) is 8.97. The first kappa shape index (κ1) is 12.3. The molecule has 0 unspecified atom stereocenters. The fourth-order valence-corrected chi connectivity index (χ4v) is 2.06. The van der Waals surface area contributed by atoms with Crippen LogP contribution in [0.15, 0.2) is 30.3 Å². The minimum atomic E-state index is 0.177. The summed E-state index contributed by atoms with van der Waals surface area (Å²) in [4.78, 5) is 14.1. The summed E-state index contributed by atoms with van der Waals surface area (Å²) in [5.41, 5.74) is 0.784. The number of ketones is 1. The molecule has 0 heterocycles. The minimum Gasteiger partial charge on any atom is -0.395 e. The highest BCUT2D eigenvalue weighted by Crippen LogP contribution is 2.26. The van der Waals surface area contributed by atoms with Crippen LogP contribution in [0.2, 0.25) is 0 Å². The topological polar surface area (TPSA) is 40.5 Å². The zero-order valence-electron chi connectivity index (χ0n) is 10.0. The van der Waals surface area contributed by atoms with Crippen LogP contribution >= 0.6 is 0 Å². The lowest BCUT2D eigenvalue weighted by Gasteiger charge is -2.20. The number of rotatable bonds is 7. The predicted octanol–water partition coefficient (Wildman–Crippen LogP) is 1.72. The number of benzene rings is 1. The van der Waals surface area contributed by atoms with Gasteiger partial charge in [-0.15, -0.1) is 0 Å². The molecule has 1 aliphatic carbocycles. The van der Waals surface area contributed by atoms with Crippen molar-refractivity contribution in [1.82, 2.24) is 4.90 Å². The van der Waals surface area contributed by atoms with E-state index in [-0.39, 0.29) is 12.4 Å². The number of carbonyl (C=O) groups excluding carboxylic acids is 1. The fourth-order valence-electron chi connectivity index (χ4n) is 2.06. The third-order valence-corrected chi connectivity index (χ3v) is 3.17. The zero-order chi connectivity index (χ0) is 12.1. The van der Waals surface area contributed by atoms with E-state index >= 15 is 0 Å². The Balaban J connectivity index is 1.82. The lowest BCUT2D eigenvalue weighted by atomic mass is 10.1. The molecule has 1 saturated carbocycles. The van der Waals surface area contributed by atoms with Crippen LogP contribution in [0, 0.1) is 0 Å². The molecule has 1 aromatic carbocycles. The predicted molar refractivity (Wildman–Crippen MR) is 67.1 cm³/mol. The summed E-state index contributed by atoms with van der Waals surface area (Å²) in [7, 11) is 0. The number of aliphatic hydroxyl groups excluding tert-OH is 1. The van der Waals surface area contributed by atoms with Crippen LogP contribution in [0.3, 0.4) is 0 Å². The van der Waals surface area contributed by atoms with E-state index in [2.05, 4.69) is 4.90 Å². The lowest BCUT2D eigenvalue weighted by molar-refractivity contribution is 0.0954. The number of aliphatic hydroxyl groups is 1. The minimum absolute atomic E-state index is 0.177. The molecule has 0 atom stereocenters. The van der Waals surface area contributed by atoms with Gasteiger partial charge in [0.25, 0.3) is 0 Å². The van der Waals surface area contributed by atoms with Gasteiger partial charge in [0.1, 0.15) is 0 Å². The average Bonchev–Trinajstić information content (AvgIpc) is 3.19. The van der Waals surface area contributed by atoms with Crippen LogP contribution in [-0.2, 0) is 0 Å². The lowest BCUT2D eigenvalue weighted by Crippen LogP contribution is -2.31. The summed E-state index contributed by atoms with van der Waals surface area (Å²) in [6, 6.07) is 10.0.